The van der Waals surface area contributed by atoms with E-state index in [0.29, 0.717) is 18.0 Å². The van der Waals surface area contributed by atoms with E-state index in [1.165, 1.54) is 10.4 Å². The van der Waals surface area contributed by atoms with Crippen molar-refractivity contribution in [3.63, 3.8) is 0 Å². The lowest BCUT2D eigenvalue weighted by atomic mass is 10.1. The number of nitrogens with one attached hydrogen (secondary N) is 1. The van der Waals surface area contributed by atoms with Gasteiger partial charge in [0.1, 0.15) is 4.21 Å². The summed E-state index contributed by atoms with van der Waals surface area (Å²) in [4.78, 5) is 12.8. The maximum Gasteiger partial charge on any atom is 0.261 e. The molecule has 5 nitrogen and oxygen atoms in total. The molecule has 1 aliphatic rings. The van der Waals surface area contributed by atoms with Crippen molar-refractivity contribution in [3.8, 4) is 0 Å². The largest absolute Gasteiger partial charge is 0.345 e. The fourth-order valence-electron chi connectivity index (χ4n) is 2.73. The monoisotopic (exact) mass is 364 g/mol. The van der Waals surface area contributed by atoms with Gasteiger partial charge in [0.25, 0.3) is 15.9 Å². The third-order valence-corrected chi connectivity index (χ3v) is 7.56. The number of nitrogens with zero attached hydrogens (tertiary/aromatic N) is 1. The fourth-order valence-corrected chi connectivity index (χ4v) is 5.61. The lowest BCUT2D eigenvalue weighted by Crippen LogP contribution is -2.27. The zero-order chi connectivity index (χ0) is 17.2. The van der Waals surface area contributed by atoms with E-state index < -0.39 is 10.0 Å². The molecule has 1 saturated heterocycles. The summed E-state index contributed by atoms with van der Waals surface area (Å²) in [7, 11) is -3.46. The van der Waals surface area contributed by atoms with E-state index in [9.17, 15) is 13.2 Å². The Hall–Kier alpha value is -1.70. The van der Waals surface area contributed by atoms with Crippen LogP contribution in [0.4, 0.5) is 0 Å². The van der Waals surface area contributed by atoms with Gasteiger partial charge in [-0.05, 0) is 37.5 Å². The van der Waals surface area contributed by atoms with E-state index in [1.54, 1.807) is 6.07 Å². The molecule has 2 aromatic rings. The first-order chi connectivity index (χ1) is 11.5. The zero-order valence-corrected chi connectivity index (χ0v) is 15.1. The van der Waals surface area contributed by atoms with E-state index in [-0.39, 0.29) is 16.2 Å². The van der Waals surface area contributed by atoms with Crippen molar-refractivity contribution >= 4 is 27.3 Å². The maximum atomic E-state index is 12.5. The van der Waals surface area contributed by atoms with Crippen LogP contribution in [0.15, 0.2) is 46.7 Å². The van der Waals surface area contributed by atoms with Gasteiger partial charge < -0.3 is 5.32 Å². The van der Waals surface area contributed by atoms with Crippen LogP contribution in [-0.2, 0) is 10.0 Å². The number of carbonyl (C=O) groups excluding carboxylic acids is 1. The minimum atomic E-state index is -3.46. The van der Waals surface area contributed by atoms with Crippen molar-refractivity contribution in [2.75, 3.05) is 13.1 Å². The van der Waals surface area contributed by atoms with Crippen LogP contribution in [-0.4, -0.2) is 31.7 Å². The number of hydrogen-bond donors (Lipinski definition) is 1. The van der Waals surface area contributed by atoms with Crippen LogP contribution in [0.1, 0.15) is 41.0 Å². The zero-order valence-electron chi connectivity index (χ0n) is 13.4. The van der Waals surface area contributed by atoms with E-state index in [2.05, 4.69) is 5.32 Å². The second kappa shape index (κ2) is 7.04. The van der Waals surface area contributed by atoms with Gasteiger partial charge in [-0.1, -0.05) is 30.3 Å². The minimum Gasteiger partial charge on any atom is -0.345 e. The van der Waals surface area contributed by atoms with E-state index >= 15 is 0 Å². The summed E-state index contributed by atoms with van der Waals surface area (Å²) in [5.41, 5.74) is 1.01. The third kappa shape index (κ3) is 3.53. The highest BCUT2D eigenvalue weighted by Crippen LogP contribution is 2.27. The molecule has 0 spiro atoms. The summed E-state index contributed by atoms with van der Waals surface area (Å²) in [6.45, 7) is 3.03. The van der Waals surface area contributed by atoms with E-state index in [0.717, 1.165) is 29.7 Å². The number of amides is 1. The first-order valence-corrected chi connectivity index (χ1v) is 10.2. The van der Waals surface area contributed by atoms with E-state index in [4.69, 9.17) is 0 Å². The fraction of sp³-hybridized carbons (Fsp3) is 0.353. The van der Waals surface area contributed by atoms with Crippen LogP contribution in [0.25, 0.3) is 0 Å². The maximum absolute atomic E-state index is 12.5. The molecule has 3 rings (SSSR count). The Morgan fingerprint density at radius 2 is 1.79 bits per heavy atom. The highest BCUT2D eigenvalue weighted by atomic mass is 32.2. The Morgan fingerprint density at radius 3 is 2.46 bits per heavy atom. The number of rotatable bonds is 5. The molecule has 128 valence electrons. The molecule has 0 saturated carbocycles. The van der Waals surface area contributed by atoms with Crippen molar-refractivity contribution in [3.05, 3.63) is 52.9 Å². The summed E-state index contributed by atoms with van der Waals surface area (Å²) in [5.74, 6) is -0.251. The molecule has 2 heterocycles. The lowest BCUT2D eigenvalue weighted by molar-refractivity contribution is 0.0944. The molecule has 1 atom stereocenters. The van der Waals surface area contributed by atoms with Crippen molar-refractivity contribution in [1.82, 2.24) is 9.62 Å². The highest BCUT2D eigenvalue weighted by molar-refractivity contribution is 7.91. The van der Waals surface area contributed by atoms with Crippen molar-refractivity contribution in [2.24, 2.45) is 0 Å². The Labute approximate surface area is 146 Å². The third-order valence-electron chi connectivity index (χ3n) is 4.11. The number of carbonyl (C=O) groups is 1. The average molecular weight is 364 g/mol. The number of benzene rings is 1. The summed E-state index contributed by atoms with van der Waals surface area (Å²) < 4.78 is 26.8. The first kappa shape index (κ1) is 17.1. The van der Waals surface area contributed by atoms with Gasteiger partial charge in [0.15, 0.2) is 0 Å². The summed E-state index contributed by atoms with van der Waals surface area (Å²) in [6, 6.07) is 12.6. The Morgan fingerprint density at radius 1 is 1.12 bits per heavy atom. The summed E-state index contributed by atoms with van der Waals surface area (Å²) in [6.07, 6.45) is 1.79. The molecule has 1 N–H and O–H groups in total. The average Bonchev–Trinajstić information content (AvgIpc) is 3.27. The van der Waals surface area contributed by atoms with Gasteiger partial charge >= 0.3 is 0 Å². The predicted molar refractivity (Wildman–Crippen MR) is 94.6 cm³/mol. The highest BCUT2D eigenvalue weighted by Gasteiger charge is 2.29. The van der Waals surface area contributed by atoms with Gasteiger partial charge in [-0.2, -0.15) is 4.31 Å². The smallest absolute Gasteiger partial charge is 0.261 e. The quantitative estimate of drug-likeness (QED) is 0.887. The molecule has 7 heteroatoms. The minimum absolute atomic E-state index is 0.139. The van der Waals surface area contributed by atoms with Crippen LogP contribution in [0.2, 0.25) is 0 Å². The second-order valence-corrected chi connectivity index (χ2v) is 9.08. The molecular formula is C17H20N2O3S2. The topological polar surface area (TPSA) is 66.5 Å². The Bertz CT molecular complexity index is 809. The van der Waals surface area contributed by atoms with Crippen LogP contribution >= 0.6 is 11.3 Å². The number of sulfonamides is 1. The van der Waals surface area contributed by atoms with Gasteiger partial charge in [0, 0.05) is 13.1 Å². The van der Waals surface area contributed by atoms with Crippen LogP contribution in [0.3, 0.4) is 0 Å². The predicted octanol–water partition coefficient (Wildman–Crippen LogP) is 3.02. The first-order valence-electron chi connectivity index (χ1n) is 7.94. The van der Waals surface area contributed by atoms with Gasteiger partial charge in [-0.3, -0.25) is 4.79 Å². The SMILES string of the molecule is CC(NC(=O)c1ccc(S(=O)(=O)N2CCCC2)s1)c1ccccc1. The number of hydrogen-bond acceptors (Lipinski definition) is 4. The molecular weight excluding hydrogens is 344 g/mol. The number of thiophene rings is 1. The standard InChI is InChI=1S/C17H20N2O3S2/c1-13(14-7-3-2-4-8-14)18-17(20)15-9-10-16(23-15)24(21,22)19-11-5-6-12-19/h2-4,7-10,13H,5-6,11-12H2,1H3,(H,18,20). The van der Waals surface area contributed by atoms with E-state index in [1.807, 2.05) is 37.3 Å². The molecule has 1 unspecified atom stereocenters. The van der Waals surface area contributed by atoms with Gasteiger partial charge in [0.2, 0.25) is 0 Å². The molecule has 0 bridgehead atoms. The summed E-state index contributed by atoms with van der Waals surface area (Å²) in [5, 5.41) is 2.91. The van der Waals surface area contributed by atoms with Gasteiger partial charge in [0.05, 0.1) is 10.9 Å². The molecule has 1 amide bonds. The normalized spacial score (nSPS) is 16.9. The van der Waals surface area contributed by atoms with Gasteiger partial charge in [-0.25, -0.2) is 8.42 Å². The van der Waals surface area contributed by atoms with Crippen LogP contribution in [0, 0.1) is 0 Å². The molecule has 0 radical (unpaired) electrons. The molecule has 0 aliphatic carbocycles. The van der Waals surface area contributed by atoms with Crippen molar-refractivity contribution in [1.29, 1.82) is 0 Å². The molecule has 1 aromatic carbocycles. The van der Waals surface area contributed by atoms with Crippen LogP contribution < -0.4 is 5.32 Å². The van der Waals surface area contributed by atoms with Crippen LogP contribution in [0.5, 0.6) is 0 Å². The molecule has 1 aliphatic heterocycles. The van der Waals surface area contributed by atoms with Crippen molar-refractivity contribution < 1.29 is 13.2 Å². The lowest BCUT2D eigenvalue weighted by Gasteiger charge is -2.14. The Balaban J connectivity index is 1.72. The van der Waals surface area contributed by atoms with Gasteiger partial charge in [-0.15, -0.1) is 11.3 Å². The molecule has 1 fully saturated rings. The second-order valence-electron chi connectivity index (χ2n) is 5.84. The Kier molecular flexibility index (Phi) is 5.03. The molecule has 1 aromatic heterocycles. The van der Waals surface area contributed by atoms with Crippen molar-refractivity contribution in [2.45, 2.75) is 30.0 Å². The summed E-state index contributed by atoms with van der Waals surface area (Å²) >= 11 is 1.03. The molecule has 24 heavy (non-hydrogen) atoms.